The van der Waals surface area contributed by atoms with Gasteiger partial charge in [0, 0.05) is 6.42 Å². The number of ether oxygens (including phenoxy) is 4. The number of allylic oxidation sites excluding steroid dienone is 14. The molecule has 14 heteroatoms. The maximum Gasteiger partial charge on any atom is 0.220 e. The predicted octanol–water partition coefficient (Wildman–Crippen LogP) is 12.4. The van der Waals surface area contributed by atoms with Crippen molar-refractivity contribution in [2.45, 2.75) is 319 Å². The summed E-state index contributed by atoms with van der Waals surface area (Å²) >= 11 is 0. The van der Waals surface area contributed by atoms with Crippen LogP contribution >= 0.6 is 0 Å². The molecule has 14 nitrogen and oxygen atoms in total. The van der Waals surface area contributed by atoms with E-state index in [1.165, 1.54) is 122 Å². The normalized spacial score (nSPS) is 24.5. The number of rotatable bonds is 52. The van der Waals surface area contributed by atoms with Crippen LogP contribution in [0.3, 0.4) is 0 Å². The maximum absolute atomic E-state index is 13.2. The average molecular weight is 1160 g/mol. The number of unbranched alkanes of at least 4 members (excludes halogenated alkanes) is 25. The van der Waals surface area contributed by atoms with Crippen LogP contribution in [-0.4, -0.2) is 140 Å². The van der Waals surface area contributed by atoms with Crippen LogP contribution in [0.1, 0.15) is 245 Å². The second kappa shape index (κ2) is 52.5. The number of aliphatic hydroxyl groups is 8. The van der Waals surface area contributed by atoms with Crippen molar-refractivity contribution in [2.24, 2.45) is 0 Å². The Morgan fingerprint density at radius 3 is 1.29 bits per heavy atom. The molecule has 2 saturated heterocycles. The van der Waals surface area contributed by atoms with Crippen molar-refractivity contribution in [3.05, 3.63) is 85.1 Å². The van der Waals surface area contributed by atoms with E-state index in [0.717, 1.165) is 96.3 Å². The van der Waals surface area contributed by atoms with Crippen molar-refractivity contribution in [1.29, 1.82) is 0 Å². The second-order valence-electron chi connectivity index (χ2n) is 22.9. The molecule has 2 heterocycles. The van der Waals surface area contributed by atoms with E-state index in [0.29, 0.717) is 12.8 Å². The number of hydrogen-bond acceptors (Lipinski definition) is 13. The summed E-state index contributed by atoms with van der Waals surface area (Å²) < 4.78 is 22.8. The van der Waals surface area contributed by atoms with Gasteiger partial charge in [0.15, 0.2) is 12.6 Å². The zero-order chi connectivity index (χ0) is 59.5. The van der Waals surface area contributed by atoms with E-state index in [1.54, 1.807) is 0 Å². The Morgan fingerprint density at radius 1 is 0.451 bits per heavy atom. The number of carbonyl (C=O) groups is 1. The summed E-state index contributed by atoms with van der Waals surface area (Å²) in [5.41, 5.74) is 0. The van der Waals surface area contributed by atoms with Crippen molar-refractivity contribution in [2.75, 3.05) is 19.8 Å². The Kier molecular flexibility index (Phi) is 48.2. The molecule has 0 radical (unpaired) electrons. The third kappa shape index (κ3) is 36.9. The van der Waals surface area contributed by atoms with Crippen LogP contribution in [-0.2, 0) is 23.7 Å². The largest absolute Gasteiger partial charge is 0.394 e. The molecule has 2 fully saturated rings. The molecule has 0 saturated carbocycles. The van der Waals surface area contributed by atoms with E-state index in [-0.39, 0.29) is 12.5 Å². The molecule has 12 unspecified atom stereocenters. The standard InChI is InChI=1S/C68H119NO13/c1-3-5-7-9-11-13-14-15-16-17-18-19-20-21-22-23-24-25-26-27-28-29-30-31-32-33-34-35-36-37-38-39-40-41-42-44-46-48-50-52-60(73)69-56(57(72)51-49-47-45-43-12-10-8-6-4-2)55-79-67-65(78)63(76)66(59(54-71)81-67)82-68-64(77)62(75)61(74)58(53-70)80-68/h5,7,11,13,15-16,18-19,21-22,24-25,27-28,56-59,61-68,70-72,74-78H,3-4,6,8-10,12,14,17,20,23,26,29-55H2,1-2H3,(H,69,73)/b7-5-,13-11-,16-15-,19-18-,22-21-,25-24-,28-27-. The lowest BCUT2D eigenvalue weighted by molar-refractivity contribution is -0.359. The van der Waals surface area contributed by atoms with Crippen LogP contribution in [0.25, 0.3) is 0 Å². The molecular weight excluding hydrogens is 1040 g/mol. The first-order valence-electron chi connectivity index (χ1n) is 32.8. The first-order chi connectivity index (χ1) is 40.1. The van der Waals surface area contributed by atoms with Crippen molar-refractivity contribution in [3.8, 4) is 0 Å². The van der Waals surface area contributed by atoms with Gasteiger partial charge in [-0.15, -0.1) is 0 Å². The van der Waals surface area contributed by atoms with Crippen LogP contribution in [0.15, 0.2) is 85.1 Å². The molecule has 12 atom stereocenters. The first-order valence-corrected chi connectivity index (χ1v) is 32.8. The van der Waals surface area contributed by atoms with E-state index < -0.39 is 86.8 Å². The molecule has 0 aliphatic carbocycles. The fraction of sp³-hybridized carbons (Fsp3) is 0.779. The highest BCUT2D eigenvalue weighted by Gasteiger charge is 2.51. The van der Waals surface area contributed by atoms with Gasteiger partial charge in [0.25, 0.3) is 0 Å². The lowest BCUT2D eigenvalue weighted by Crippen LogP contribution is -2.65. The first kappa shape index (κ1) is 75.3. The lowest BCUT2D eigenvalue weighted by Gasteiger charge is -2.46. The third-order valence-electron chi connectivity index (χ3n) is 15.6. The topological polar surface area (TPSA) is 228 Å². The smallest absolute Gasteiger partial charge is 0.220 e. The van der Waals surface area contributed by atoms with E-state index in [1.807, 2.05) is 0 Å². The van der Waals surface area contributed by atoms with E-state index >= 15 is 0 Å². The Labute approximate surface area is 497 Å². The molecule has 0 bridgehead atoms. The van der Waals surface area contributed by atoms with Gasteiger partial charge in [-0.25, -0.2) is 0 Å². The minimum Gasteiger partial charge on any atom is -0.394 e. The van der Waals surface area contributed by atoms with Gasteiger partial charge < -0.3 is 65.1 Å². The monoisotopic (exact) mass is 1160 g/mol. The molecule has 0 aromatic carbocycles. The summed E-state index contributed by atoms with van der Waals surface area (Å²) in [6.45, 7) is 2.71. The highest BCUT2D eigenvalue weighted by molar-refractivity contribution is 5.76. The van der Waals surface area contributed by atoms with E-state index in [9.17, 15) is 45.6 Å². The predicted molar refractivity (Wildman–Crippen MR) is 332 cm³/mol. The summed E-state index contributed by atoms with van der Waals surface area (Å²) in [6, 6.07) is -0.829. The van der Waals surface area contributed by atoms with Gasteiger partial charge in [-0.3, -0.25) is 4.79 Å². The molecule has 2 aliphatic rings. The van der Waals surface area contributed by atoms with Gasteiger partial charge in [0.05, 0.1) is 32.0 Å². The van der Waals surface area contributed by atoms with Crippen molar-refractivity contribution < 1.29 is 64.6 Å². The Balaban J connectivity index is 1.54. The molecular formula is C68H119NO13. The number of hydrogen-bond donors (Lipinski definition) is 9. The van der Waals surface area contributed by atoms with Crippen molar-refractivity contribution in [3.63, 3.8) is 0 Å². The summed E-state index contributed by atoms with van der Waals surface area (Å²) in [5.74, 6) is -0.210. The third-order valence-corrected chi connectivity index (χ3v) is 15.6. The van der Waals surface area contributed by atoms with Gasteiger partial charge in [-0.05, 0) is 70.6 Å². The fourth-order valence-corrected chi connectivity index (χ4v) is 10.4. The molecule has 82 heavy (non-hydrogen) atoms. The Morgan fingerprint density at radius 2 is 0.841 bits per heavy atom. The quantitative estimate of drug-likeness (QED) is 0.0204. The van der Waals surface area contributed by atoms with Crippen LogP contribution in [0, 0.1) is 0 Å². The summed E-state index contributed by atoms with van der Waals surface area (Å²) in [7, 11) is 0. The van der Waals surface area contributed by atoms with Gasteiger partial charge >= 0.3 is 0 Å². The molecule has 1 amide bonds. The van der Waals surface area contributed by atoms with Gasteiger partial charge in [-0.1, -0.05) is 253 Å². The van der Waals surface area contributed by atoms with E-state index in [2.05, 4.69) is 104 Å². The molecule has 0 spiro atoms. The highest BCUT2D eigenvalue weighted by Crippen LogP contribution is 2.30. The van der Waals surface area contributed by atoms with Gasteiger partial charge in [0.2, 0.25) is 5.91 Å². The molecule has 0 aromatic heterocycles. The molecule has 474 valence electrons. The van der Waals surface area contributed by atoms with Gasteiger partial charge in [0.1, 0.15) is 48.8 Å². The summed E-state index contributed by atoms with van der Waals surface area (Å²) in [4.78, 5) is 13.2. The van der Waals surface area contributed by atoms with E-state index in [4.69, 9.17) is 18.9 Å². The molecule has 0 aromatic rings. The highest BCUT2D eigenvalue weighted by atomic mass is 16.7. The van der Waals surface area contributed by atoms with Gasteiger partial charge in [-0.2, -0.15) is 0 Å². The number of nitrogens with one attached hydrogen (secondary N) is 1. The maximum atomic E-state index is 13.2. The van der Waals surface area contributed by atoms with Crippen molar-refractivity contribution >= 4 is 5.91 Å². The average Bonchev–Trinajstić information content (AvgIpc) is 3.38. The summed E-state index contributed by atoms with van der Waals surface area (Å²) in [6.07, 6.45) is 54.9. The zero-order valence-electron chi connectivity index (χ0n) is 51.2. The van der Waals surface area contributed by atoms with Crippen LogP contribution in [0.5, 0.6) is 0 Å². The molecule has 2 rings (SSSR count). The number of carbonyl (C=O) groups excluding carboxylic acids is 1. The second-order valence-corrected chi connectivity index (χ2v) is 22.9. The minimum atomic E-state index is -1.78. The molecule has 2 aliphatic heterocycles. The Bertz CT molecular complexity index is 1700. The number of aliphatic hydroxyl groups excluding tert-OH is 8. The number of amides is 1. The SMILES string of the molecule is CC/C=C\C/C=C\C/C=C\C/C=C\C/C=C\C/C=C\C/C=C\CCCCCCCCCCCCCCCCCCCC(=O)NC(COC1OC(CO)C(OC2OC(CO)C(O)C(O)C2O)C(O)C1O)C(O)CCCCCCCCCCC. The Hall–Kier alpha value is -2.83. The van der Waals surface area contributed by atoms with Crippen LogP contribution in [0.4, 0.5) is 0 Å². The van der Waals surface area contributed by atoms with Crippen molar-refractivity contribution in [1.82, 2.24) is 5.32 Å². The van der Waals surface area contributed by atoms with Crippen LogP contribution in [0.2, 0.25) is 0 Å². The zero-order valence-corrected chi connectivity index (χ0v) is 51.2. The molecule has 9 N–H and O–H groups in total. The minimum absolute atomic E-state index is 0.210. The fourth-order valence-electron chi connectivity index (χ4n) is 10.4. The lowest BCUT2D eigenvalue weighted by atomic mass is 9.97. The van der Waals surface area contributed by atoms with Crippen LogP contribution < -0.4 is 5.32 Å². The summed E-state index contributed by atoms with van der Waals surface area (Å²) in [5, 5.41) is 87.1.